The van der Waals surface area contributed by atoms with Crippen LogP contribution in [0.25, 0.3) is 0 Å². The van der Waals surface area contributed by atoms with Crippen LogP contribution in [0.2, 0.25) is 0 Å². The van der Waals surface area contributed by atoms with Crippen LogP contribution in [0.4, 0.5) is 4.39 Å². The molecule has 0 spiro atoms. The lowest BCUT2D eigenvalue weighted by molar-refractivity contribution is -0.143. The minimum atomic E-state index is -0.578. The van der Waals surface area contributed by atoms with Crippen LogP contribution in [0.15, 0.2) is 48.5 Å². The van der Waals surface area contributed by atoms with Crippen LogP contribution >= 0.6 is 0 Å². The van der Waals surface area contributed by atoms with Gasteiger partial charge in [0, 0.05) is 12.6 Å². The molecule has 1 aliphatic carbocycles. The van der Waals surface area contributed by atoms with E-state index in [1.165, 1.54) is 24.3 Å². The van der Waals surface area contributed by atoms with Crippen LogP contribution in [-0.2, 0) is 16.1 Å². The van der Waals surface area contributed by atoms with E-state index in [0.717, 1.165) is 36.8 Å². The second-order valence-electron chi connectivity index (χ2n) is 8.16. The predicted octanol–water partition coefficient (Wildman–Crippen LogP) is 4.38. The Labute approximate surface area is 183 Å². The summed E-state index contributed by atoms with van der Waals surface area (Å²) in [4.78, 5) is 27.8. The molecule has 0 aromatic heterocycles. The largest absolute Gasteiger partial charge is 0.484 e. The molecule has 1 fully saturated rings. The molecular weight excluding hydrogens is 395 g/mol. The molecule has 0 heterocycles. The molecule has 1 atom stereocenters. The molecule has 3 rings (SSSR count). The third kappa shape index (κ3) is 6.54. The van der Waals surface area contributed by atoms with Crippen LogP contribution < -0.4 is 10.1 Å². The molecular formula is C25H31FN2O3. The molecule has 2 aromatic rings. The first-order chi connectivity index (χ1) is 15.0. The van der Waals surface area contributed by atoms with Gasteiger partial charge in [0.2, 0.25) is 5.91 Å². The van der Waals surface area contributed by atoms with Gasteiger partial charge in [0.25, 0.3) is 5.91 Å². The molecule has 31 heavy (non-hydrogen) atoms. The van der Waals surface area contributed by atoms with E-state index < -0.39 is 6.04 Å². The van der Waals surface area contributed by atoms with Crippen molar-refractivity contribution >= 4 is 11.8 Å². The van der Waals surface area contributed by atoms with E-state index in [9.17, 15) is 14.0 Å². The normalized spacial score (nSPS) is 14.8. The van der Waals surface area contributed by atoms with Gasteiger partial charge in [-0.05, 0) is 56.0 Å². The topological polar surface area (TPSA) is 58.6 Å². The first kappa shape index (κ1) is 22.8. The standard InChI is InChI=1S/C25H31FN2O3/c1-3-23(25(30)27-21-6-4-5-7-21)28(16-19-10-8-18(2)9-11-19)24(29)17-31-22-14-12-20(26)13-15-22/h8-15,21,23H,3-7,16-17H2,1-2H3,(H,27,30). The van der Waals surface area contributed by atoms with Crippen molar-refractivity contribution in [2.75, 3.05) is 6.61 Å². The van der Waals surface area contributed by atoms with Gasteiger partial charge in [0.15, 0.2) is 6.61 Å². The lowest BCUT2D eigenvalue weighted by Gasteiger charge is -2.31. The molecule has 0 saturated heterocycles. The van der Waals surface area contributed by atoms with Crippen molar-refractivity contribution in [3.63, 3.8) is 0 Å². The third-order valence-corrected chi connectivity index (χ3v) is 5.74. The van der Waals surface area contributed by atoms with Crippen molar-refractivity contribution in [2.45, 2.75) is 64.6 Å². The van der Waals surface area contributed by atoms with Gasteiger partial charge in [-0.2, -0.15) is 0 Å². The number of halogens is 1. The molecule has 5 nitrogen and oxygen atoms in total. The molecule has 0 bridgehead atoms. The number of amides is 2. The SMILES string of the molecule is CCC(C(=O)NC1CCCC1)N(Cc1ccc(C)cc1)C(=O)COc1ccc(F)cc1. The Morgan fingerprint density at radius 1 is 1.10 bits per heavy atom. The molecule has 2 aromatic carbocycles. The molecule has 1 saturated carbocycles. The molecule has 6 heteroatoms. The Hall–Kier alpha value is -2.89. The monoisotopic (exact) mass is 426 g/mol. The van der Waals surface area contributed by atoms with E-state index in [0.29, 0.717) is 18.7 Å². The van der Waals surface area contributed by atoms with Gasteiger partial charge in [0.05, 0.1) is 0 Å². The van der Waals surface area contributed by atoms with Crippen molar-refractivity contribution in [2.24, 2.45) is 0 Å². The molecule has 0 aliphatic heterocycles. The molecule has 1 aliphatic rings. The van der Waals surface area contributed by atoms with E-state index in [1.807, 2.05) is 38.1 Å². The number of nitrogens with zero attached hydrogens (tertiary/aromatic N) is 1. The summed E-state index contributed by atoms with van der Waals surface area (Å²) in [6, 6.07) is 13.1. The second kappa shape index (κ2) is 10.9. The summed E-state index contributed by atoms with van der Waals surface area (Å²) in [6.07, 6.45) is 4.73. The maximum atomic E-state index is 13.1. The average molecular weight is 427 g/mol. The molecule has 0 radical (unpaired) electrons. The zero-order chi connectivity index (χ0) is 22.2. The van der Waals surface area contributed by atoms with Crippen molar-refractivity contribution in [3.8, 4) is 5.75 Å². The smallest absolute Gasteiger partial charge is 0.261 e. The number of hydrogen-bond acceptors (Lipinski definition) is 3. The van der Waals surface area contributed by atoms with E-state index in [-0.39, 0.29) is 30.3 Å². The summed E-state index contributed by atoms with van der Waals surface area (Å²) in [7, 11) is 0. The van der Waals surface area contributed by atoms with E-state index in [1.54, 1.807) is 4.90 Å². The van der Waals surface area contributed by atoms with Crippen molar-refractivity contribution < 1.29 is 18.7 Å². The highest BCUT2D eigenvalue weighted by Crippen LogP contribution is 2.20. The Kier molecular flexibility index (Phi) is 8.04. The Morgan fingerprint density at radius 2 is 1.74 bits per heavy atom. The van der Waals surface area contributed by atoms with Gasteiger partial charge in [-0.3, -0.25) is 9.59 Å². The summed E-state index contributed by atoms with van der Waals surface area (Å²) in [5.74, 6) is -0.349. The fraction of sp³-hybridized carbons (Fsp3) is 0.440. The van der Waals surface area contributed by atoms with Crippen LogP contribution in [-0.4, -0.2) is 35.4 Å². The molecule has 166 valence electrons. The maximum absolute atomic E-state index is 13.1. The number of carbonyl (C=O) groups is 2. The van der Waals surface area contributed by atoms with E-state index in [2.05, 4.69) is 5.32 Å². The van der Waals surface area contributed by atoms with Gasteiger partial charge in [0.1, 0.15) is 17.6 Å². The van der Waals surface area contributed by atoms with Gasteiger partial charge in [-0.1, -0.05) is 49.6 Å². The van der Waals surface area contributed by atoms with Crippen molar-refractivity contribution in [1.82, 2.24) is 10.2 Å². The number of nitrogens with one attached hydrogen (secondary N) is 1. The summed E-state index contributed by atoms with van der Waals surface area (Å²) < 4.78 is 18.7. The second-order valence-corrected chi connectivity index (χ2v) is 8.16. The van der Waals surface area contributed by atoms with Gasteiger partial charge < -0.3 is 15.0 Å². The first-order valence-electron chi connectivity index (χ1n) is 11.0. The number of ether oxygens (including phenoxy) is 1. The number of rotatable bonds is 9. The minimum absolute atomic E-state index is 0.114. The van der Waals surface area contributed by atoms with E-state index >= 15 is 0 Å². The minimum Gasteiger partial charge on any atom is -0.484 e. The van der Waals surface area contributed by atoms with Gasteiger partial charge in [-0.15, -0.1) is 0 Å². The number of hydrogen-bond donors (Lipinski definition) is 1. The quantitative estimate of drug-likeness (QED) is 0.647. The number of aryl methyl sites for hydroxylation is 1. The summed E-state index contributed by atoms with van der Waals surface area (Å²) in [5.41, 5.74) is 2.08. The highest BCUT2D eigenvalue weighted by atomic mass is 19.1. The van der Waals surface area contributed by atoms with Crippen molar-refractivity contribution in [1.29, 1.82) is 0 Å². The fourth-order valence-electron chi connectivity index (χ4n) is 3.94. The molecule has 1 N–H and O–H groups in total. The van der Waals surface area contributed by atoms with Crippen molar-refractivity contribution in [3.05, 3.63) is 65.5 Å². The molecule has 2 amide bonds. The van der Waals surface area contributed by atoms with Crippen LogP contribution in [0.5, 0.6) is 5.75 Å². The van der Waals surface area contributed by atoms with Gasteiger partial charge >= 0.3 is 0 Å². The average Bonchev–Trinajstić information content (AvgIpc) is 3.27. The third-order valence-electron chi connectivity index (χ3n) is 5.74. The van der Waals surface area contributed by atoms with E-state index in [4.69, 9.17) is 4.74 Å². The Balaban J connectivity index is 1.74. The lowest BCUT2D eigenvalue weighted by Crippen LogP contribution is -2.52. The highest BCUT2D eigenvalue weighted by Gasteiger charge is 2.30. The zero-order valence-electron chi connectivity index (χ0n) is 18.3. The van der Waals surface area contributed by atoms with Crippen LogP contribution in [0, 0.1) is 12.7 Å². The Bertz CT molecular complexity index is 861. The van der Waals surface area contributed by atoms with Crippen LogP contribution in [0.1, 0.15) is 50.2 Å². The molecule has 1 unspecified atom stereocenters. The van der Waals surface area contributed by atoms with Crippen LogP contribution in [0.3, 0.4) is 0 Å². The summed E-state index contributed by atoms with van der Waals surface area (Å²) >= 11 is 0. The number of benzene rings is 2. The zero-order valence-corrected chi connectivity index (χ0v) is 18.3. The maximum Gasteiger partial charge on any atom is 0.261 e. The first-order valence-corrected chi connectivity index (χ1v) is 11.0. The lowest BCUT2D eigenvalue weighted by atomic mass is 10.1. The highest BCUT2D eigenvalue weighted by molar-refractivity contribution is 5.88. The number of carbonyl (C=O) groups excluding carboxylic acids is 2. The van der Waals surface area contributed by atoms with Gasteiger partial charge in [-0.25, -0.2) is 4.39 Å². The fourth-order valence-corrected chi connectivity index (χ4v) is 3.94. The Morgan fingerprint density at radius 3 is 2.35 bits per heavy atom. The predicted molar refractivity (Wildman–Crippen MR) is 118 cm³/mol. The summed E-state index contributed by atoms with van der Waals surface area (Å²) in [6.45, 7) is 4.02. The summed E-state index contributed by atoms with van der Waals surface area (Å²) in [5, 5.41) is 3.12.